The van der Waals surface area contributed by atoms with Gasteiger partial charge in [-0.1, -0.05) is 6.92 Å². The van der Waals surface area contributed by atoms with E-state index in [0.29, 0.717) is 48.2 Å². The van der Waals surface area contributed by atoms with Gasteiger partial charge < -0.3 is 4.74 Å². The lowest BCUT2D eigenvalue weighted by Gasteiger charge is -2.55. The molecule has 4 saturated carbocycles. The number of alkyl halides is 3. The van der Waals surface area contributed by atoms with E-state index in [9.17, 15) is 22.8 Å². The van der Waals surface area contributed by atoms with Crippen LogP contribution in [0.3, 0.4) is 0 Å². The predicted molar refractivity (Wildman–Crippen MR) is 88.1 cm³/mol. The Hall–Kier alpha value is -1.07. The maximum Gasteiger partial charge on any atom is 0.490 e. The zero-order valence-electron chi connectivity index (χ0n) is 15.2. The first kappa shape index (κ1) is 18.3. The second-order valence-electron chi connectivity index (χ2n) is 9.23. The molecule has 3 nitrogen and oxygen atoms in total. The van der Waals surface area contributed by atoms with E-state index >= 15 is 0 Å². The van der Waals surface area contributed by atoms with Crippen LogP contribution in [0.4, 0.5) is 13.2 Å². The van der Waals surface area contributed by atoms with Crippen LogP contribution in [0.15, 0.2) is 0 Å². The lowest BCUT2D eigenvalue weighted by atomic mass is 9.50. The molecule has 0 spiro atoms. The van der Waals surface area contributed by atoms with Crippen LogP contribution in [0.25, 0.3) is 0 Å². The molecule has 4 aliphatic carbocycles. The van der Waals surface area contributed by atoms with E-state index in [-0.39, 0.29) is 5.41 Å². The number of ketones is 1. The van der Waals surface area contributed by atoms with Gasteiger partial charge in [0.25, 0.3) is 0 Å². The Morgan fingerprint density at radius 3 is 2.54 bits per heavy atom. The van der Waals surface area contributed by atoms with E-state index < -0.39 is 18.2 Å². The van der Waals surface area contributed by atoms with E-state index in [0.717, 1.165) is 44.9 Å². The molecule has 0 aliphatic heterocycles. The van der Waals surface area contributed by atoms with Crippen molar-refractivity contribution < 1.29 is 27.5 Å². The first-order chi connectivity index (χ1) is 12.2. The van der Waals surface area contributed by atoms with E-state index in [4.69, 9.17) is 4.74 Å². The number of ether oxygens (including phenoxy) is 1. The van der Waals surface area contributed by atoms with Gasteiger partial charge >= 0.3 is 12.1 Å². The number of carbonyl (C=O) groups is 2. The highest BCUT2D eigenvalue weighted by atomic mass is 19.4. The Morgan fingerprint density at radius 2 is 1.81 bits per heavy atom. The van der Waals surface area contributed by atoms with Crippen molar-refractivity contribution >= 4 is 11.8 Å². The quantitative estimate of drug-likeness (QED) is 0.628. The number of halogens is 3. The molecule has 4 aliphatic rings. The number of fused-ring (bicyclic) bond motifs is 5. The third-order valence-corrected chi connectivity index (χ3v) is 8.16. The average Bonchev–Trinajstić information content (AvgIpc) is 2.90. The molecule has 4 fully saturated rings. The van der Waals surface area contributed by atoms with Crippen molar-refractivity contribution in [3.05, 3.63) is 0 Å². The third kappa shape index (κ3) is 2.88. The molecule has 0 saturated heterocycles. The molecule has 0 aromatic carbocycles. The summed E-state index contributed by atoms with van der Waals surface area (Å²) in [4.78, 5) is 23.2. The third-order valence-electron chi connectivity index (χ3n) is 8.16. The van der Waals surface area contributed by atoms with Crippen molar-refractivity contribution in [1.82, 2.24) is 0 Å². The molecule has 146 valence electrons. The van der Waals surface area contributed by atoms with Crippen LogP contribution >= 0.6 is 0 Å². The summed E-state index contributed by atoms with van der Waals surface area (Å²) in [5.41, 5.74) is -0.334. The summed E-state index contributed by atoms with van der Waals surface area (Å²) >= 11 is 0. The van der Waals surface area contributed by atoms with Gasteiger partial charge in [0.2, 0.25) is 0 Å². The topological polar surface area (TPSA) is 43.4 Å². The second-order valence-corrected chi connectivity index (χ2v) is 9.23. The van der Waals surface area contributed by atoms with Gasteiger partial charge in [-0.15, -0.1) is 0 Å². The molecule has 7 unspecified atom stereocenters. The maximum atomic E-state index is 12.6. The van der Waals surface area contributed by atoms with Crippen molar-refractivity contribution in [2.24, 2.45) is 35.0 Å². The van der Waals surface area contributed by atoms with Crippen LogP contribution in [-0.4, -0.2) is 24.0 Å². The van der Waals surface area contributed by atoms with Crippen molar-refractivity contribution in [3.63, 3.8) is 0 Å². The van der Waals surface area contributed by atoms with Crippen LogP contribution in [0.1, 0.15) is 64.7 Å². The largest absolute Gasteiger partial charge is 0.490 e. The highest BCUT2D eigenvalue weighted by Crippen LogP contribution is 2.62. The van der Waals surface area contributed by atoms with Gasteiger partial charge in [-0.3, -0.25) is 4.79 Å². The zero-order valence-corrected chi connectivity index (χ0v) is 15.2. The first-order valence-electron chi connectivity index (χ1n) is 9.99. The molecule has 4 rings (SSSR count). The number of rotatable bonds is 1. The van der Waals surface area contributed by atoms with Gasteiger partial charge in [-0.25, -0.2) is 4.79 Å². The molecule has 0 aromatic rings. The number of esters is 1. The van der Waals surface area contributed by atoms with Crippen molar-refractivity contribution in [2.75, 3.05) is 0 Å². The molecule has 0 amide bonds. The fraction of sp³-hybridized carbons (Fsp3) is 0.900. The van der Waals surface area contributed by atoms with E-state index in [2.05, 4.69) is 0 Å². The summed E-state index contributed by atoms with van der Waals surface area (Å²) in [5.74, 6) is 0.918. The minimum atomic E-state index is -4.92. The van der Waals surface area contributed by atoms with Gasteiger partial charge in [0.15, 0.2) is 0 Å². The van der Waals surface area contributed by atoms with Crippen molar-refractivity contribution in [1.29, 1.82) is 0 Å². The number of Topliss-reactive ketones (excluding diaryl/α,β-unsaturated/α-hetero) is 1. The standard InChI is InChI=1S/C20H27F3O3/c1-19-9-8-14-13-5-3-12(24)10-11(13)2-4-15(14)16(19)6-7-17(19)26-18(25)20(21,22)23/h11,13-17H,2-10H2,1H3. The molecule has 0 heterocycles. The first-order valence-corrected chi connectivity index (χ1v) is 9.99. The summed E-state index contributed by atoms with van der Waals surface area (Å²) in [6.45, 7) is 2.03. The molecule has 26 heavy (non-hydrogen) atoms. The fourth-order valence-electron chi connectivity index (χ4n) is 7.00. The minimum absolute atomic E-state index is 0.334. The normalized spacial score (nSPS) is 45.5. The van der Waals surface area contributed by atoms with Crippen LogP contribution in [0, 0.1) is 35.0 Å². The van der Waals surface area contributed by atoms with Gasteiger partial charge in [0.1, 0.15) is 11.9 Å². The Kier molecular flexibility index (Phi) is 4.39. The summed E-state index contributed by atoms with van der Waals surface area (Å²) in [6.07, 6.45) is 2.21. The van der Waals surface area contributed by atoms with Crippen LogP contribution in [0.2, 0.25) is 0 Å². The smallest absolute Gasteiger partial charge is 0.455 e. The molecule has 0 aromatic heterocycles. The highest BCUT2D eigenvalue weighted by molar-refractivity contribution is 5.79. The van der Waals surface area contributed by atoms with Gasteiger partial charge in [-0.2, -0.15) is 13.2 Å². The molecular weight excluding hydrogens is 345 g/mol. The number of hydrogen-bond donors (Lipinski definition) is 0. The van der Waals surface area contributed by atoms with E-state index in [1.165, 1.54) is 0 Å². The average molecular weight is 372 g/mol. The summed E-state index contributed by atoms with van der Waals surface area (Å²) < 4.78 is 42.8. The zero-order chi connectivity index (χ0) is 18.7. The van der Waals surface area contributed by atoms with Gasteiger partial charge in [-0.05, 0) is 74.5 Å². The molecule has 0 N–H and O–H groups in total. The van der Waals surface area contributed by atoms with Gasteiger partial charge in [0, 0.05) is 18.3 Å². The van der Waals surface area contributed by atoms with E-state index in [1.54, 1.807) is 0 Å². The molecule has 7 atom stereocenters. The fourth-order valence-corrected chi connectivity index (χ4v) is 7.00. The SMILES string of the molecule is CC12CCC3C4CCC(=O)CC4CCC3C1CCC2OC(=O)C(F)(F)F. The number of carbonyl (C=O) groups excluding carboxylic acids is 2. The summed E-state index contributed by atoms with van der Waals surface area (Å²) in [7, 11) is 0. The van der Waals surface area contributed by atoms with Crippen LogP contribution in [-0.2, 0) is 14.3 Å². The van der Waals surface area contributed by atoms with Crippen LogP contribution < -0.4 is 0 Å². The Morgan fingerprint density at radius 1 is 1.04 bits per heavy atom. The van der Waals surface area contributed by atoms with Crippen molar-refractivity contribution in [3.8, 4) is 0 Å². The lowest BCUT2D eigenvalue weighted by molar-refractivity contribution is -0.211. The Bertz CT molecular complexity index is 602. The summed E-state index contributed by atoms with van der Waals surface area (Å²) in [5, 5.41) is 0. The monoisotopic (exact) mass is 372 g/mol. The van der Waals surface area contributed by atoms with E-state index in [1.807, 2.05) is 6.92 Å². The lowest BCUT2D eigenvalue weighted by Crippen LogP contribution is -2.50. The molecule has 6 heteroatoms. The minimum Gasteiger partial charge on any atom is -0.455 e. The predicted octanol–water partition coefficient (Wildman–Crippen LogP) is 4.68. The van der Waals surface area contributed by atoms with Crippen LogP contribution in [0.5, 0.6) is 0 Å². The number of hydrogen-bond acceptors (Lipinski definition) is 3. The summed E-state index contributed by atoms with van der Waals surface area (Å²) in [6, 6.07) is 0. The molecular formula is C20H27F3O3. The molecule has 0 bridgehead atoms. The Balaban J connectivity index is 1.50. The second kappa shape index (κ2) is 6.23. The highest BCUT2D eigenvalue weighted by Gasteiger charge is 2.59. The van der Waals surface area contributed by atoms with Gasteiger partial charge in [0.05, 0.1) is 0 Å². The van der Waals surface area contributed by atoms with Crippen molar-refractivity contribution in [2.45, 2.75) is 77.0 Å². The maximum absolute atomic E-state index is 12.6. The molecule has 0 radical (unpaired) electrons. The Labute approximate surface area is 152 Å².